The van der Waals surface area contributed by atoms with Crippen molar-refractivity contribution in [3.05, 3.63) is 89.5 Å². The fourth-order valence-corrected chi connectivity index (χ4v) is 9.98. The summed E-state index contributed by atoms with van der Waals surface area (Å²) in [6.07, 6.45) is 0. The van der Waals surface area contributed by atoms with Gasteiger partial charge in [-0.15, -0.1) is 0 Å². The van der Waals surface area contributed by atoms with Gasteiger partial charge in [-0.2, -0.15) is 0 Å². The van der Waals surface area contributed by atoms with Gasteiger partial charge in [-0.3, -0.25) is 0 Å². The van der Waals surface area contributed by atoms with E-state index in [1.165, 1.54) is 40.9 Å². The zero-order valence-electron chi connectivity index (χ0n) is 19.7. The molecule has 0 aromatic heterocycles. The maximum absolute atomic E-state index is 2.33. The molecule has 31 heavy (non-hydrogen) atoms. The third kappa shape index (κ3) is 6.42. The third-order valence-corrected chi connectivity index (χ3v) is 11.0. The van der Waals surface area contributed by atoms with Gasteiger partial charge in [0, 0.05) is 0 Å². The van der Waals surface area contributed by atoms with E-state index in [0.717, 1.165) is 0 Å². The molecule has 3 rings (SSSR count). The van der Waals surface area contributed by atoms with Crippen molar-refractivity contribution >= 4 is 17.1 Å². The fraction of sp³-hybridized carbons (Fsp3) is 0.333. The molecule has 0 bridgehead atoms. The summed E-state index contributed by atoms with van der Waals surface area (Å²) in [7, 11) is 12.9. The number of benzene rings is 3. The molecule has 0 saturated carbocycles. The SMILES string of the molecule is CN(C)c1ccccc1[CH2][Tb]([CH2]c1ccccc1N(C)C)[CH2]c1ccccc1N(C)C. The van der Waals surface area contributed by atoms with E-state index in [2.05, 4.69) is 130 Å². The Morgan fingerprint density at radius 1 is 0.452 bits per heavy atom. The van der Waals surface area contributed by atoms with Gasteiger partial charge >= 0.3 is 203 Å². The molecule has 0 amide bonds. The van der Waals surface area contributed by atoms with Crippen molar-refractivity contribution in [2.45, 2.75) is 7.18 Å². The van der Waals surface area contributed by atoms with E-state index < -0.39 is 32.7 Å². The van der Waals surface area contributed by atoms with E-state index in [1.807, 2.05) is 0 Å². The fourth-order valence-electron chi connectivity index (χ4n) is 3.80. The van der Waals surface area contributed by atoms with Crippen molar-refractivity contribution in [2.75, 3.05) is 57.0 Å². The average molecular weight is 562 g/mol. The molecule has 0 radical (unpaired) electrons. The first kappa shape index (κ1) is 24.0. The first-order valence-electron chi connectivity index (χ1n) is 10.6. The molecule has 0 saturated heterocycles. The maximum atomic E-state index is 2.33. The van der Waals surface area contributed by atoms with E-state index in [9.17, 15) is 0 Å². The molecule has 4 heteroatoms. The summed E-state index contributed by atoms with van der Waals surface area (Å²) in [6, 6.07) is 26.8. The number of hydrogen-bond acceptors (Lipinski definition) is 3. The molecule has 0 aliphatic rings. The number of anilines is 3. The predicted molar refractivity (Wildman–Crippen MR) is 133 cm³/mol. The predicted octanol–water partition coefficient (Wildman–Crippen LogP) is 5.41. The Morgan fingerprint density at radius 2 is 0.710 bits per heavy atom. The molecule has 0 aliphatic heterocycles. The van der Waals surface area contributed by atoms with Gasteiger partial charge in [0.2, 0.25) is 0 Å². The molecule has 0 fully saturated rings. The Balaban J connectivity index is 1.97. The monoisotopic (exact) mass is 561 g/mol. The second-order valence-corrected chi connectivity index (χ2v) is 13.9. The van der Waals surface area contributed by atoms with E-state index >= 15 is 0 Å². The second kappa shape index (κ2) is 11.3. The molecule has 3 aromatic rings. The Labute approximate surface area is 202 Å². The molecule has 0 heterocycles. The summed E-state index contributed by atoms with van der Waals surface area (Å²) in [4.78, 5) is 6.77. The molecule has 0 aliphatic carbocycles. The van der Waals surface area contributed by atoms with Crippen LogP contribution in [0.2, 0.25) is 0 Å². The van der Waals surface area contributed by atoms with Crippen LogP contribution in [0.4, 0.5) is 17.1 Å². The van der Waals surface area contributed by atoms with Crippen molar-refractivity contribution in [1.82, 2.24) is 0 Å². The van der Waals surface area contributed by atoms with Gasteiger partial charge in [0.1, 0.15) is 0 Å². The Kier molecular flexibility index (Phi) is 8.73. The third-order valence-electron chi connectivity index (χ3n) is 5.30. The number of rotatable bonds is 9. The van der Waals surface area contributed by atoms with Gasteiger partial charge in [0.15, 0.2) is 0 Å². The quantitative estimate of drug-likeness (QED) is 0.346. The topological polar surface area (TPSA) is 9.72 Å². The van der Waals surface area contributed by atoms with Crippen LogP contribution in [0.15, 0.2) is 72.8 Å². The number of para-hydroxylation sites is 3. The first-order valence-corrected chi connectivity index (χ1v) is 15.1. The van der Waals surface area contributed by atoms with Crippen molar-refractivity contribution < 1.29 is 32.7 Å². The van der Waals surface area contributed by atoms with Crippen LogP contribution in [0.1, 0.15) is 16.7 Å². The van der Waals surface area contributed by atoms with Gasteiger partial charge in [-0.25, -0.2) is 0 Å². The molecular weight excluding hydrogens is 525 g/mol. The molecule has 168 valence electrons. The Hall–Kier alpha value is -1.65. The van der Waals surface area contributed by atoms with E-state index in [1.54, 1.807) is 0 Å². The molecule has 3 nitrogen and oxygen atoms in total. The van der Waals surface area contributed by atoms with Crippen LogP contribution < -0.4 is 14.7 Å². The van der Waals surface area contributed by atoms with Crippen LogP contribution in [0.5, 0.6) is 0 Å². The van der Waals surface area contributed by atoms with Crippen molar-refractivity contribution in [2.24, 2.45) is 0 Å². The van der Waals surface area contributed by atoms with Gasteiger partial charge in [-0.1, -0.05) is 0 Å². The average Bonchev–Trinajstić information content (AvgIpc) is 2.74. The van der Waals surface area contributed by atoms with Crippen LogP contribution in [-0.4, -0.2) is 42.3 Å². The van der Waals surface area contributed by atoms with Gasteiger partial charge in [-0.05, 0) is 0 Å². The van der Waals surface area contributed by atoms with Gasteiger partial charge < -0.3 is 0 Å². The molecule has 0 N–H and O–H groups in total. The normalized spacial score (nSPS) is 11.2. The van der Waals surface area contributed by atoms with Crippen LogP contribution >= 0.6 is 0 Å². The Morgan fingerprint density at radius 3 is 0.968 bits per heavy atom. The number of hydrogen-bond donors (Lipinski definition) is 0. The summed E-state index contributed by atoms with van der Waals surface area (Å²) < 4.78 is 3.66. The molecule has 3 aromatic carbocycles. The summed E-state index contributed by atoms with van der Waals surface area (Å²) in [5, 5.41) is 0. The van der Waals surface area contributed by atoms with Crippen molar-refractivity contribution in [1.29, 1.82) is 0 Å². The summed E-state index contributed by atoms with van der Waals surface area (Å²) in [5.41, 5.74) is 8.55. The van der Waals surface area contributed by atoms with Gasteiger partial charge in [0.25, 0.3) is 0 Å². The minimum absolute atomic E-state index is 1.22. The second-order valence-electron chi connectivity index (χ2n) is 8.42. The standard InChI is InChI=1S/3C9H12N.Tb/c3*1-8-6-4-5-7-9(8)10(2)3;/h3*4-7H,1H2,2-3H3;. The van der Waals surface area contributed by atoms with Crippen LogP contribution in [0.25, 0.3) is 0 Å². The van der Waals surface area contributed by atoms with Crippen LogP contribution in [0.3, 0.4) is 0 Å². The minimum atomic E-state index is -1.54. The summed E-state index contributed by atoms with van der Waals surface area (Å²) in [5.74, 6) is 0. The first-order chi connectivity index (χ1) is 14.9. The van der Waals surface area contributed by atoms with Crippen molar-refractivity contribution in [3.63, 3.8) is 0 Å². The molecular formula is C27H36N3Tb. The number of nitrogens with zero attached hydrogens (tertiary/aromatic N) is 3. The van der Waals surface area contributed by atoms with E-state index in [0.29, 0.717) is 0 Å². The van der Waals surface area contributed by atoms with E-state index in [4.69, 9.17) is 0 Å². The van der Waals surface area contributed by atoms with Crippen LogP contribution in [0, 0.1) is 32.7 Å². The van der Waals surface area contributed by atoms with Crippen LogP contribution in [-0.2, 0) is 7.18 Å². The molecule has 0 atom stereocenters. The summed E-state index contributed by atoms with van der Waals surface area (Å²) in [6.45, 7) is 0. The Bertz CT molecular complexity index is 854. The van der Waals surface area contributed by atoms with E-state index in [-0.39, 0.29) is 0 Å². The zero-order chi connectivity index (χ0) is 22.4. The molecule has 0 unspecified atom stereocenters. The molecule has 0 spiro atoms. The van der Waals surface area contributed by atoms with Gasteiger partial charge in [0.05, 0.1) is 0 Å². The zero-order valence-corrected chi connectivity index (χ0v) is 21.9. The van der Waals surface area contributed by atoms with Crippen molar-refractivity contribution in [3.8, 4) is 0 Å². The summed E-state index contributed by atoms with van der Waals surface area (Å²) >= 11 is -1.54.